The summed E-state index contributed by atoms with van der Waals surface area (Å²) < 4.78 is 4.96. The van der Waals surface area contributed by atoms with Gasteiger partial charge in [0.1, 0.15) is 5.92 Å². The van der Waals surface area contributed by atoms with Crippen molar-refractivity contribution in [2.24, 2.45) is 11.8 Å². The molecule has 2 atom stereocenters. The molecule has 0 aromatic heterocycles. The number of esters is 1. The summed E-state index contributed by atoms with van der Waals surface area (Å²) in [4.78, 5) is 24.1. The zero-order valence-electron chi connectivity index (χ0n) is 12.4. The van der Waals surface area contributed by atoms with E-state index in [1.54, 1.807) is 25.1 Å². The number of hydrogen-bond donors (Lipinski definition) is 1. The molecule has 4 nitrogen and oxygen atoms in total. The Kier molecular flexibility index (Phi) is 5.48. The van der Waals surface area contributed by atoms with Crippen molar-refractivity contribution in [3.05, 3.63) is 40.0 Å². The fourth-order valence-corrected chi connectivity index (χ4v) is 3.00. The number of ether oxygens (including phenoxy) is 1. The highest BCUT2D eigenvalue weighted by molar-refractivity contribution is 6.39. The van der Waals surface area contributed by atoms with E-state index >= 15 is 0 Å². The molecule has 6 heteroatoms. The molecule has 118 valence electrons. The van der Waals surface area contributed by atoms with Gasteiger partial charge in [-0.25, -0.2) is 0 Å². The molecule has 0 saturated heterocycles. The van der Waals surface area contributed by atoms with Crippen molar-refractivity contribution in [2.75, 3.05) is 11.9 Å². The molecule has 0 bridgehead atoms. The third kappa shape index (κ3) is 3.62. The van der Waals surface area contributed by atoms with Crippen LogP contribution in [0.1, 0.15) is 20.3 Å². The lowest BCUT2D eigenvalue weighted by Gasteiger charge is -2.26. The van der Waals surface area contributed by atoms with E-state index in [4.69, 9.17) is 27.9 Å². The minimum Gasteiger partial charge on any atom is -0.465 e. The van der Waals surface area contributed by atoms with Crippen molar-refractivity contribution in [1.82, 2.24) is 0 Å². The number of halogens is 2. The molecule has 1 aliphatic rings. The lowest BCUT2D eigenvalue weighted by molar-refractivity contribution is -0.152. The smallest absolute Gasteiger partial charge is 0.317 e. The third-order valence-electron chi connectivity index (χ3n) is 3.52. The maximum Gasteiger partial charge on any atom is 0.317 e. The van der Waals surface area contributed by atoms with Crippen LogP contribution in [-0.4, -0.2) is 18.4 Å². The first-order chi connectivity index (χ1) is 10.4. The molecule has 2 rings (SSSR count). The molecule has 1 aromatic carbocycles. The van der Waals surface area contributed by atoms with Crippen LogP contribution in [0.2, 0.25) is 10.0 Å². The van der Waals surface area contributed by atoms with Crippen LogP contribution in [0.25, 0.3) is 0 Å². The van der Waals surface area contributed by atoms with E-state index in [0.717, 1.165) is 0 Å². The summed E-state index contributed by atoms with van der Waals surface area (Å²) in [6.45, 7) is 3.83. The molecule has 0 heterocycles. The minimum atomic E-state index is -0.743. The van der Waals surface area contributed by atoms with Gasteiger partial charge in [0, 0.05) is 11.8 Å². The first-order valence-electron chi connectivity index (χ1n) is 7.06. The molecule has 0 unspecified atom stereocenters. The number of para-hydroxylation sites is 1. The molecule has 0 saturated carbocycles. The van der Waals surface area contributed by atoms with Gasteiger partial charge < -0.3 is 10.1 Å². The Morgan fingerprint density at radius 1 is 1.36 bits per heavy atom. The zero-order chi connectivity index (χ0) is 16.3. The number of carbonyl (C=O) groups is 2. The molecule has 1 N–H and O–H groups in total. The third-order valence-corrected chi connectivity index (χ3v) is 4.15. The second kappa shape index (κ2) is 7.16. The summed E-state index contributed by atoms with van der Waals surface area (Å²) in [6.07, 6.45) is 1.97. The van der Waals surface area contributed by atoms with Crippen LogP contribution >= 0.6 is 23.2 Å². The Morgan fingerprint density at radius 2 is 2.00 bits per heavy atom. The summed E-state index contributed by atoms with van der Waals surface area (Å²) in [5, 5.41) is 4.04. The molecule has 1 aromatic rings. The largest absolute Gasteiger partial charge is 0.465 e. The summed E-state index contributed by atoms with van der Waals surface area (Å²) in [7, 11) is 0. The van der Waals surface area contributed by atoms with Crippen molar-refractivity contribution < 1.29 is 14.3 Å². The summed E-state index contributed by atoms with van der Waals surface area (Å²) in [5.74, 6) is -1.62. The number of benzene rings is 1. The quantitative estimate of drug-likeness (QED) is 0.662. The fourth-order valence-electron chi connectivity index (χ4n) is 2.51. The van der Waals surface area contributed by atoms with E-state index in [9.17, 15) is 9.59 Å². The molecule has 0 spiro atoms. The second-order valence-electron chi connectivity index (χ2n) is 5.20. The highest BCUT2D eigenvalue weighted by atomic mass is 35.5. The van der Waals surface area contributed by atoms with Gasteiger partial charge in [0.15, 0.2) is 5.78 Å². The standard InChI is InChI=1S/C16H17Cl2NO3/c1-3-22-16(21)14-9(2)7-10(8-13(14)20)19-15-11(17)5-4-6-12(15)18/h4-6,8-9,14,19H,3,7H2,1-2H3/t9-,14+/m1/s1. The monoisotopic (exact) mass is 341 g/mol. The molecular formula is C16H17Cl2NO3. The normalized spacial score (nSPS) is 21.3. The van der Waals surface area contributed by atoms with Gasteiger partial charge in [0.2, 0.25) is 0 Å². The molecule has 0 radical (unpaired) electrons. The molecule has 0 fully saturated rings. The van der Waals surface area contributed by atoms with Crippen LogP contribution in [-0.2, 0) is 14.3 Å². The van der Waals surface area contributed by atoms with E-state index in [1.807, 2.05) is 6.92 Å². The van der Waals surface area contributed by atoms with E-state index in [-0.39, 0.29) is 18.3 Å². The minimum absolute atomic E-state index is 0.152. The average molecular weight is 342 g/mol. The number of allylic oxidation sites excluding steroid dienone is 2. The first kappa shape index (κ1) is 16.8. The maximum absolute atomic E-state index is 12.2. The van der Waals surface area contributed by atoms with Crippen molar-refractivity contribution in [3.63, 3.8) is 0 Å². The molecule has 1 aliphatic carbocycles. The van der Waals surface area contributed by atoms with Gasteiger partial charge in [-0.2, -0.15) is 0 Å². The zero-order valence-corrected chi connectivity index (χ0v) is 13.9. The van der Waals surface area contributed by atoms with Gasteiger partial charge in [-0.3, -0.25) is 9.59 Å². The van der Waals surface area contributed by atoms with Crippen molar-refractivity contribution >= 4 is 40.6 Å². The Labute approximate surface area is 139 Å². The lowest BCUT2D eigenvalue weighted by Crippen LogP contribution is -2.35. The SMILES string of the molecule is CCOC(=O)[C@@H]1C(=O)C=C(Nc2c(Cl)cccc2Cl)C[C@H]1C. The van der Waals surface area contributed by atoms with E-state index < -0.39 is 11.9 Å². The number of ketones is 1. The van der Waals surface area contributed by atoms with Crippen LogP contribution in [0.5, 0.6) is 0 Å². The fraction of sp³-hybridized carbons (Fsp3) is 0.375. The Balaban J connectivity index is 2.20. The van der Waals surface area contributed by atoms with Crippen LogP contribution in [0.3, 0.4) is 0 Å². The molecule has 0 aliphatic heterocycles. The van der Waals surface area contributed by atoms with Gasteiger partial charge >= 0.3 is 5.97 Å². The molecule has 22 heavy (non-hydrogen) atoms. The predicted octanol–water partition coefficient (Wildman–Crippen LogP) is 4.08. The average Bonchev–Trinajstić information content (AvgIpc) is 2.42. The number of rotatable bonds is 4. The second-order valence-corrected chi connectivity index (χ2v) is 6.02. The van der Waals surface area contributed by atoms with Crippen LogP contribution in [0, 0.1) is 11.8 Å². The van der Waals surface area contributed by atoms with Crippen molar-refractivity contribution in [1.29, 1.82) is 0 Å². The summed E-state index contributed by atoms with van der Waals surface area (Å²) >= 11 is 12.2. The Morgan fingerprint density at radius 3 is 2.55 bits per heavy atom. The first-order valence-corrected chi connectivity index (χ1v) is 7.81. The van der Waals surface area contributed by atoms with Gasteiger partial charge in [-0.1, -0.05) is 36.2 Å². The highest BCUT2D eigenvalue weighted by Crippen LogP contribution is 2.34. The van der Waals surface area contributed by atoms with E-state index in [2.05, 4.69) is 5.32 Å². The van der Waals surface area contributed by atoms with Crippen LogP contribution < -0.4 is 5.32 Å². The van der Waals surface area contributed by atoms with E-state index in [1.165, 1.54) is 6.08 Å². The molecule has 0 amide bonds. The predicted molar refractivity (Wildman–Crippen MR) is 87.1 cm³/mol. The topological polar surface area (TPSA) is 55.4 Å². The number of carbonyl (C=O) groups excluding carboxylic acids is 2. The molecular weight excluding hydrogens is 325 g/mol. The summed E-state index contributed by atoms with van der Waals surface area (Å²) in [5.41, 5.74) is 1.25. The van der Waals surface area contributed by atoms with Crippen molar-refractivity contribution in [2.45, 2.75) is 20.3 Å². The number of anilines is 1. The van der Waals surface area contributed by atoms with Gasteiger partial charge in [0.05, 0.1) is 22.3 Å². The maximum atomic E-state index is 12.2. The Hall–Kier alpha value is -1.52. The number of hydrogen-bond acceptors (Lipinski definition) is 4. The van der Waals surface area contributed by atoms with Crippen molar-refractivity contribution in [3.8, 4) is 0 Å². The van der Waals surface area contributed by atoms with E-state index in [0.29, 0.717) is 27.9 Å². The lowest BCUT2D eigenvalue weighted by atomic mass is 9.82. The van der Waals surface area contributed by atoms with Crippen LogP contribution in [0.15, 0.2) is 30.0 Å². The van der Waals surface area contributed by atoms with Crippen LogP contribution in [0.4, 0.5) is 5.69 Å². The van der Waals surface area contributed by atoms with Gasteiger partial charge in [0.25, 0.3) is 0 Å². The Bertz CT molecular complexity index is 608. The summed E-state index contributed by atoms with van der Waals surface area (Å²) in [6, 6.07) is 5.17. The van der Waals surface area contributed by atoms with Gasteiger partial charge in [-0.05, 0) is 31.4 Å². The highest BCUT2D eigenvalue weighted by Gasteiger charge is 2.36. The number of nitrogens with one attached hydrogen (secondary N) is 1. The van der Waals surface area contributed by atoms with Gasteiger partial charge in [-0.15, -0.1) is 0 Å².